The number of carbonyl (C=O) groups is 2. The SMILES string of the molecule is O=C([C@H]1CC(=O)N(c2ccc3c(c2)OCCO3)C1)N1CCC[C@H](C(F)(F)F)C1. The molecule has 2 fully saturated rings. The lowest BCUT2D eigenvalue weighted by molar-refractivity contribution is -0.188. The lowest BCUT2D eigenvalue weighted by atomic mass is 9.96. The molecule has 3 aliphatic rings. The maximum absolute atomic E-state index is 13.0. The van der Waals surface area contributed by atoms with E-state index in [1.165, 1.54) is 9.80 Å². The van der Waals surface area contributed by atoms with Gasteiger partial charge in [-0.2, -0.15) is 13.2 Å². The molecule has 2 atom stereocenters. The van der Waals surface area contributed by atoms with Crippen molar-refractivity contribution >= 4 is 17.5 Å². The third-order valence-electron chi connectivity index (χ3n) is 5.51. The average molecular weight is 398 g/mol. The number of rotatable bonds is 2. The molecule has 0 unspecified atom stereocenters. The summed E-state index contributed by atoms with van der Waals surface area (Å²) in [6.07, 6.45) is -3.94. The highest BCUT2D eigenvalue weighted by Gasteiger charge is 2.45. The van der Waals surface area contributed by atoms with Crippen molar-refractivity contribution in [1.82, 2.24) is 4.90 Å². The minimum atomic E-state index is -4.30. The van der Waals surface area contributed by atoms with Gasteiger partial charge in [0, 0.05) is 37.8 Å². The van der Waals surface area contributed by atoms with Crippen molar-refractivity contribution in [3.8, 4) is 11.5 Å². The smallest absolute Gasteiger partial charge is 0.393 e. The van der Waals surface area contributed by atoms with Gasteiger partial charge in [-0.1, -0.05) is 0 Å². The van der Waals surface area contributed by atoms with E-state index in [4.69, 9.17) is 9.47 Å². The molecule has 0 saturated carbocycles. The molecule has 3 heterocycles. The summed E-state index contributed by atoms with van der Waals surface area (Å²) < 4.78 is 50.0. The number of fused-ring (bicyclic) bond motifs is 1. The summed E-state index contributed by atoms with van der Waals surface area (Å²) in [6.45, 7) is 1.02. The van der Waals surface area contributed by atoms with Crippen LogP contribution in [-0.4, -0.2) is 55.7 Å². The Balaban J connectivity index is 1.45. The van der Waals surface area contributed by atoms with Gasteiger partial charge in [0.1, 0.15) is 13.2 Å². The molecule has 0 aliphatic carbocycles. The minimum absolute atomic E-state index is 0.000456. The van der Waals surface area contributed by atoms with Crippen LogP contribution in [0, 0.1) is 11.8 Å². The number of hydrogen-bond donors (Lipinski definition) is 0. The summed E-state index contributed by atoms with van der Waals surface area (Å²) in [5.74, 6) is -1.58. The number of benzene rings is 1. The van der Waals surface area contributed by atoms with E-state index in [-0.39, 0.29) is 37.7 Å². The van der Waals surface area contributed by atoms with Crippen LogP contribution in [0.15, 0.2) is 18.2 Å². The summed E-state index contributed by atoms with van der Waals surface area (Å²) in [7, 11) is 0. The molecule has 6 nitrogen and oxygen atoms in total. The molecule has 0 aromatic heterocycles. The number of anilines is 1. The van der Waals surface area contributed by atoms with Gasteiger partial charge in [0.05, 0.1) is 11.8 Å². The molecule has 152 valence electrons. The number of hydrogen-bond acceptors (Lipinski definition) is 4. The highest BCUT2D eigenvalue weighted by Crippen LogP contribution is 2.37. The predicted molar refractivity (Wildman–Crippen MR) is 93.3 cm³/mol. The molecule has 2 amide bonds. The highest BCUT2D eigenvalue weighted by atomic mass is 19.4. The Morgan fingerprint density at radius 3 is 2.61 bits per heavy atom. The third-order valence-corrected chi connectivity index (χ3v) is 5.51. The maximum Gasteiger partial charge on any atom is 0.393 e. The summed E-state index contributed by atoms with van der Waals surface area (Å²) in [6, 6.07) is 5.13. The van der Waals surface area contributed by atoms with Gasteiger partial charge in [0.15, 0.2) is 11.5 Å². The Kier molecular flexibility index (Phi) is 4.84. The molecule has 0 N–H and O–H groups in total. The Morgan fingerprint density at radius 1 is 1.11 bits per heavy atom. The Hall–Kier alpha value is -2.45. The van der Waals surface area contributed by atoms with Crippen molar-refractivity contribution in [3.63, 3.8) is 0 Å². The molecular formula is C19H21F3N2O4. The van der Waals surface area contributed by atoms with E-state index in [1.807, 2.05) is 0 Å². The Bertz CT molecular complexity index is 783. The van der Waals surface area contributed by atoms with E-state index in [9.17, 15) is 22.8 Å². The zero-order chi connectivity index (χ0) is 19.9. The second-order valence-corrected chi connectivity index (χ2v) is 7.40. The standard InChI is InChI=1S/C19H21F3N2O4/c20-19(21,22)13-2-1-5-23(11-13)18(26)12-8-17(25)24(10-12)14-3-4-15-16(9-14)28-7-6-27-15/h3-4,9,12-13H,1-2,5-8,10-11H2/t12-,13-/m0/s1. The van der Waals surface area contributed by atoms with Crippen LogP contribution in [-0.2, 0) is 9.59 Å². The molecule has 0 spiro atoms. The number of likely N-dealkylation sites (tertiary alicyclic amines) is 1. The number of amides is 2. The van der Waals surface area contributed by atoms with Gasteiger partial charge in [-0.3, -0.25) is 9.59 Å². The molecule has 4 rings (SSSR count). The Morgan fingerprint density at radius 2 is 1.86 bits per heavy atom. The summed E-state index contributed by atoms with van der Waals surface area (Å²) in [5, 5.41) is 0. The lowest BCUT2D eigenvalue weighted by Gasteiger charge is -2.35. The summed E-state index contributed by atoms with van der Waals surface area (Å²) in [5.41, 5.74) is 0.594. The largest absolute Gasteiger partial charge is 0.486 e. The van der Waals surface area contributed by atoms with E-state index in [1.54, 1.807) is 18.2 Å². The van der Waals surface area contributed by atoms with E-state index in [2.05, 4.69) is 0 Å². The number of nitrogens with zero attached hydrogens (tertiary/aromatic N) is 2. The second kappa shape index (κ2) is 7.18. The third kappa shape index (κ3) is 3.62. The van der Waals surface area contributed by atoms with Gasteiger partial charge in [-0.25, -0.2) is 0 Å². The van der Waals surface area contributed by atoms with Gasteiger partial charge in [0.25, 0.3) is 0 Å². The molecule has 1 aromatic carbocycles. The number of alkyl halides is 3. The van der Waals surface area contributed by atoms with Gasteiger partial charge >= 0.3 is 6.18 Å². The molecule has 1 aromatic rings. The molecule has 0 bridgehead atoms. The van der Waals surface area contributed by atoms with Crippen LogP contribution in [0.1, 0.15) is 19.3 Å². The van der Waals surface area contributed by atoms with Crippen LogP contribution in [0.4, 0.5) is 18.9 Å². The predicted octanol–water partition coefficient (Wildman–Crippen LogP) is 2.61. The van der Waals surface area contributed by atoms with E-state index in [0.717, 1.165) is 0 Å². The molecule has 0 radical (unpaired) electrons. The van der Waals surface area contributed by atoms with Crippen LogP contribution >= 0.6 is 0 Å². The fourth-order valence-corrected chi connectivity index (χ4v) is 4.03. The van der Waals surface area contributed by atoms with Crippen molar-refractivity contribution in [2.75, 3.05) is 37.7 Å². The van der Waals surface area contributed by atoms with E-state index >= 15 is 0 Å². The average Bonchev–Trinajstić information content (AvgIpc) is 3.08. The van der Waals surface area contributed by atoms with Crippen LogP contribution in [0.2, 0.25) is 0 Å². The van der Waals surface area contributed by atoms with Gasteiger partial charge in [-0.15, -0.1) is 0 Å². The fraction of sp³-hybridized carbons (Fsp3) is 0.579. The van der Waals surface area contributed by atoms with Crippen LogP contribution < -0.4 is 14.4 Å². The Labute approximate surface area is 160 Å². The molecule has 2 saturated heterocycles. The van der Waals surface area contributed by atoms with Crippen molar-refractivity contribution in [1.29, 1.82) is 0 Å². The quantitative estimate of drug-likeness (QED) is 0.769. The van der Waals surface area contributed by atoms with Crippen molar-refractivity contribution in [2.24, 2.45) is 11.8 Å². The molecule has 28 heavy (non-hydrogen) atoms. The fourth-order valence-electron chi connectivity index (χ4n) is 4.03. The van der Waals surface area contributed by atoms with Crippen molar-refractivity contribution in [3.05, 3.63) is 18.2 Å². The van der Waals surface area contributed by atoms with E-state index < -0.39 is 18.0 Å². The second-order valence-electron chi connectivity index (χ2n) is 7.40. The normalized spacial score (nSPS) is 25.2. The summed E-state index contributed by atoms with van der Waals surface area (Å²) >= 11 is 0. The van der Waals surface area contributed by atoms with E-state index in [0.29, 0.717) is 43.4 Å². The highest BCUT2D eigenvalue weighted by molar-refractivity contribution is 6.00. The van der Waals surface area contributed by atoms with Crippen LogP contribution in [0.5, 0.6) is 11.5 Å². The number of carbonyl (C=O) groups excluding carboxylic acids is 2. The van der Waals surface area contributed by atoms with Crippen molar-refractivity contribution in [2.45, 2.75) is 25.4 Å². The van der Waals surface area contributed by atoms with Gasteiger partial charge in [0.2, 0.25) is 11.8 Å². The topological polar surface area (TPSA) is 59.1 Å². The first-order chi connectivity index (χ1) is 13.3. The number of ether oxygens (including phenoxy) is 2. The zero-order valence-corrected chi connectivity index (χ0v) is 15.2. The monoisotopic (exact) mass is 398 g/mol. The first kappa shape index (κ1) is 18.9. The van der Waals surface area contributed by atoms with Crippen LogP contribution in [0.3, 0.4) is 0 Å². The van der Waals surface area contributed by atoms with Crippen LogP contribution in [0.25, 0.3) is 0 Å². The molecular weight excluding hydrogens is 377 g/mol. The molecule has 9 heteroatoms. The van der Waals surface area contributed by atoms with Crippen molar-refractivity contribution < 1.29 is 32.2 Å². The lowest BCUT2D eigenvalue weighted by Crippen LogP contribution is -2.47. The maximum atomic E-state index is 13.0. The molecule has 3 aliphatic heterocycles. The first-order valence-electron chi connectivity index (χ1n) is 9.38. The minimum Gasteiger partial charge on any atom is -0.486 e. The number of piperidine rings is 1. The summed E-state index contributed by atoms with van der Waals surface area (Å²) in [4.78, 5) is 28.0. The van der Waals surface area contributed by atoms with Gasteiger partial charge in [-0.05, 0) is 25.0 Å². The zero-order valence-electron chi connectivity index (χ0n) is 15.2. The number of halogens is 3. The first-order valence-corrected chi connectivity index (χ1v) is 9.38. The van der Waals surface area contributed by atoms with Gasteiger partial charge < -0.3 is 19.3 Å².